The lowest BCUT2D eigenvalue weighted by molar-refractivity contribution is -0.143. The maximum atomic E-state index is 13.2. The minimum Gasteiger partial charge on any atom is -0.342 e. The predicted molar refractivity (Wildman–Crippen MR) is 115 cm³/mol. The molecule has 7 nitrogen and oxygen atoms in total. The van der Waals surface area contributed by atoms with Gasteiger partial charge in [-0.15, -0.1) is 5.10 Å². The summed E-state index contributed by atoms with van der Waals surface area (Å²) in [6.45, 7) is 6.93. The van der Waals surface area contributed by atoms with Gasteiger partial charge in [-0.05, 0) is 37.3 Å². The van der Waals surface area contributed by atoms with Crippen molar-refractivity contribution in [1.29, 1.82) is 5.26 Å². The molecule has 0 saturated heterocycles. The molecule has 0 bridgehead atoms. The van der Waals surface area contributed by atoms with Crippen molar-refractivity contribution in [2.75, 3.05) is 0 Å². The van der Waals surface area contributed by atoms with E-state index in [0.29, 0.717) is 18.0 Å². The van der Waals surface area contributed by atoms with Crippen LogP contribution in [0.5, 0.6) is 0 Å². The lowest BCUT2D eigenvalue weighted by Crippen LogP contribution is -2.29. The summed E-state index contributed by atoms with van der Waals surface area (Å²) in [7, 11) is 0. The zero-order valence-electron chi connectivity index (χ0n) is 19.5. The van der Waals surface area contributed by atoms with E-state index in [1.165, 1.54) is 29.9 Å². The molecule has 1 N–H and O–H groups in total. The molecule has 0 fully saturated rings. The molecule has 0 aliphatic rings. The van der Waals surface area contributed by atoms with Gasteiger partial charge in [0.05, 0.1) is 22.7 Å². The van der Waals surface area contributed by atoms with Crippen molar-refractivity contribution in [2.24, 2.45) is 0 Å². The van der Waals surface area contributed by atoms with Gasteiger partial charge in [0.1, 0.15) is 6.07 Å². The van der Waals surface area contributed by atoms with Gasteiger partial charge in [-0.2, -0.15) is 36.3 Å². The molecule has 190 valence electrons. The average Bonchev–Trinajstić information content (AvgIpc) is 3.24. The van der Waals surface area contributed by atoms with Crippen LogP contribution in [0.4, 0.5) is 26.3 Å². The number of aromatic nitrogens is 4. The molecule has 2 heterocycles. The van der Waals surface area contributed by atoms with Crippen molar-refractivity contribution < 1.29 is 31.1 Å². The zero-order valence-corrected chi connectivity index (χ0v) is 19.5. The topological polar surface area (TPSA) is 96.5 Å². The van der Waals surface area contributed by atoms with E-state index in [1.54, 1.807) is 0 Å². The van der Waals surface area contributed by atoms with E-state index >= 15 is 0 Å². The quantitative estimate of drug-likeness (QED) is 0.477. The molecule has 0 saturated carbocycles. The number of carbonyl (C=O) groups is 1. The van der Waals surface area contributed by atoms with Crippen molar-refractivity contribution in [1.82, 2.24) is 25.1 Å². The van der Waals surface area contributed by atoms with Crippen LogP contribution in [0.15, 0.2) is 36.5 Å². The number of hydrogen-bond acceptors (Lipinski definition) is 5. The van der Waals surface area contributed by atoms with Crippen molar-refractivity contribution in [3.63, 3.8) is 0 Å². The van der Waals surface area contributed by atoms with E-state index in [-0.39, 0.29) is 23.3 Å². The van der Waals surface area contributed by atoms with E-state index in [9.17, 15) is 31.1 Å². The Labute approximate surface area is 201 Å². The van der Waals surface area contributed by atoms with Gasteiger partial charge in [-0.3, -0.25) is 4.79 Å². The Morgan fingerprint density at radius 1 is 1.03 bits per heavy atom. The highest BCUT2D eigenvalue weighted by Crippen LogP contribution is 2.36. The standard InChI is InChI=1S/C23H20F6N6O/c1-12(32-19(36)14-7-15(22(24,25)26)9-16(8-14)23(27,28)29)18-33-20(21(2,3)4)34-35(18)17-6-5-13(10-30)11-31-17/h5-9,11-12H,1-4H3,(H,32,36)/t12-/m0/s1. The van der Waals surface area contributed by atoms with Crippen LogP contribution in [0, 0.1) is 11.3 Å². The number of nitrogens with zero attached hydrogens (tertiary/aromatic N) is 5. The highest BCUT2D eigenvalue weighted by Gasteiger charge is 2.37. The predicted octanol–water partition coefficient (Wildman–Crippen LogP) is 5.36. The minimum atomic E-state index is -5.09. The summed E-state index contributed by atoms with van der Waals surface area (Å²) >= 11 is 0. The Balaban J connectivity index is 2.02. The Bertz CT molecular complexity index is 1280. The normalized spacial score (nSPS) is 13.2. The van der Waals surface area contributed by atoms with Gasteiger partial charge in [0.25, 0.3) is 5.91 Å². The van der Waals surface area contributed by atoms with Gasteiger partial charge in [0.15, 0.2) is 17.5 Å². The Morgan fingerprint density at radius 2 is 1.61 bits per heavy atom. The molecule has 0 unspecified atom stereocenters. The largest absolute Gasteiger partial charge is 0.416 e. The average molecular weight is 510 g/mol. The molecule has 3 aromatic rings. The van der Waals surface area contributed by atoms with Crippen LogP contribution in [0.25, 0.3) is 5.82 Å². The molecule has 1 aromatic carbocycles. The maximum absolute atomic E-state index is 13.2. The van der Waals surface area contributed by atoms with Gasteiger partial charge in [0.2, 0.25) is 0 Å². The smallest absolute Gasteiger partial charge is 0.342 e. The molecular weight excluding hydrogens is 490 g/mol. The summed E-state index contributed by atoms with van der Waals surface area (Å²) in [4.78, 5) is 21.3. The lowest BCUT2D eigenvalue weighted by Gasteiger charge is -2.17. The van der Waals surface area contributed by atoms with Crippen LogP contribution in [0.1, 0.15) is 72.4 Å². The maximum Gasteiger partial charge on any atom is 0.416 e. The van der Waals surface area contributed by atoms with Crippen LogP contribution >= 0.6 is 0 Å². The second-order valence-corrected chi connectivity index (χ2v) is 8.96. The summed E-state index contributed by atoms with van der Waals surface area (Å²) in [6, 6.07) is 4.54. The Kier molecular flexibility index (Phi) is 6.85. The first kappa shape index (κ1) is 26.7. The molecule has 3 rings (SSSR count). The van der Waals surface area contributed by atoms with Crippen LogP contribution < -0.4 is 5.32 Å². The van der Waals surface area contributed by atoms with Crippen molar-refractivity contribution in [2.45, 2.75) is 51.5 Å². The molecule has 0 aliphatic heterocycles. The Morgan fingerprint density at radius 3 is 2.06 bits per heavy atom. The first-order chi connectivity index (χ1) is 16.5. The lowest BCUT2D eigenvalue weighted by atomic mass is 9.96. The SMILES string of the molecule is C[C@H](NC(=O)c1cc(C(F)(F)F)cc(C(F)(F)F)c1)c1nc(C(C)(C)C)nn1-c1ccc(C#N)cn1. The fraction of sp³-hybridized carbons (Fsp3) is 0.348. The number of amides is 1. The van der Waals surface area contributed by atoms with E-state index in [2.05, 4.69) is 20.4 Å². The van der Waals surface area contributed by atoms with Crippen molar-refractivity contribution >= 4 is 5.91 Å². The molecule has 2 aromatic heterocycles. The molecule has 1 atom stereocenters. The fourth-order valence-electron chi connectivity index (χ4n) is 3.10. The number of hydrogen-bond donors (Lipinski definition) is 1. The molecule has 36 heavy (non-hydrogen) atoms. The summed E-state index contributed by atoms with van der Waals surface area (Å²) in [5.74, 6) is -0.443. The zero-order chi connectivity index (χ0) is 27.1. The summed E-state index contributed by atoms with van der Waals surface area (Å²) in [5.41, 5.74) is -4.28. The van der Waals surface area contributed by atoms with Gasteiger partial charge in [0, 0.05) is 17.2 Å². The summed E-state index contributed by atoms with van der Waals surface area (Å²) in [5, 5.41) is 15.8. The number of rotatable bonds is 4. The van der Waals surface area contributed by atoms with Gasteiger partial charge in [-0.1, -0.05) is 20.8 Å². The number of benzene rings is 1. The number of alkyl halides is 6. The van der Waals surface area contributed by atoms with Crippen LogP contribution in [0.2, 0.25) is 0 Å². The molecule has 0 radical (unpaired) electrons. The monoisotopic (exact) mass is 510 g/mol. The molecular formula is C23H20F6N6O. The van der Waals surface area contributed by atoms with Crippen LogP contribution in [0.3, 0.4) is 0 Å². The molecule has 13 heteroatoms. The van der Waals surface area contributed by atoms with Crippen LogP contribution in [-0.4, -0.2) is 25.7 Å². The van der Waals surface area contributed by atoms with E-state index in [4.69, 9.17) is 5.26 Å². The molecule has 1 amide bonds. The third kappa shape index (κ3) is 5.81. The number of pyridine rings is 1. The van der Waals surface area contributed by atoms with Gasteiger partial charge >= 0.3 is 12.4 Å². The first-order valence-corrected chi connectivity index (χ1v) is 10.4. The van der Waals surface area contributed by atoms with E-state index in [0.717, 1.165) is 0 Å². The third-order valence-electron chi connectivity index (χ3n) is 4.98. The molecule has 0 spiro atoms. The second kappa shape index (κ2) is 9.25. The first-order valence-electron chi connectivity index (χ1n) is 10.4. The number of nitrogens with one attached hydrogen (secondary N) is 1. The Hall–Kier alpha value is -3.95. The van der Waals surface area contributed by atoms with Gasteiger partial charge < -0.3 is 5.32 Å². The fourth-order valence-corrected chi connectivity index (χ4v) is 3.10. The van der Waals surface area contributed by atoms with Crippen molar-refractivity contribution in [3.8, 4) is 11.9 Å². The minimum absolute atomic E-state index is 0.0526. The van der Waals surface area contributed by atoms with Gasteiger partial charge in [-0.25, -0.2) is 9.97 Å². The number of halogens is 6. The highest BCUT2D eigenvalue weighted by atomic mass is 19.4. The third-order valence-corrected chi connectivity index (χ3v) is 4.98. The van der Waals surface area contributed by atoms with Crippen LogP contribution in [-0.2, 0) is 17.8 Å². The van der Waals surface area contributed by atoms with E-state index < -0.39 is 46.4 Å². The molecule has 0 aliphatic carbocycles. The highest BCUT2D eigenvalue weighted by molar-refractivity contribution is 5.94. The summed E-state index contributed by atoms with van der Waals surface area (Å²) in [6.07, 6.45) is -8.89. The number of nitriles is 1. The summed E-state index contributed by atoms with van der Waals surface area (Å²) < 4.78 is 80.4. The number of carbonyl (C=O) groups excluding carboxylic acids is 1. The van der Waals surface area contributed by atoms with E-state index in [1.807, 2.05) is 26.8 Å². The second-order valence-electron chi connectivity index (χ2n) is 8.96. The van der Waals surface area contributed by atoms with Crippen molar-refractivity contribution in [3.05, 3.63) is 70.4 Å².